The van der Waals surface area contributed by atoms with Crippen molar-refractivity contribution in [3.05, 3.63) is 47.7 Å². The van der Waals surface area contributed by atoms with Gasteiger partial charge in [0.15, 0.2) is 0 Å². The van der Waals surface area contributed by atoms with Gasteiger partial charge >= 0.3 is 0 Å². The van der Waals surface area contributed by atoms with Crippen molar-refractivity contribution >= 4 is 11.8 Å². The molecule has 0 unspecified atom stereocenters. The summed E-state index contributed by atoms with van der Waals surface area (Å²) in [5, 5.41) is 3.58. The number of piperidine rings is 1. The van der Waals surface area contributed by atoms with Gasteiger partial charge in [-0.15, -0.1) is 0 Å². The minimum Gasteiger partial charge on any atom is -0.367 e. The highest BCUT2D eigenvalue weighted by Gasteiger charge is 2.20. The first-order chi connectivity index (χ1) is 12.8. The summed E-state index contributed by atoms with van der Waals surface area (Å²) in [7, 11) is 3.93. The van der Waals surface area contributed by atoms with E-state index in [2.05, 4.69) is 65.2 Å². The van der Waals surface area contributed by atoms with Gasteiger partial charge < -0.3 is 10.2 Å². The summed E-state index contributed by atoms with van der Waals surface area (Å²) in [5.41, 5.74) is 3.02. The third-order valence-corrected chi connectivity index (χ3v) is 5.21. The van der Waals surface area contributed by atoms with E-state index in [4.69, 9.17) is 0 Å². The molecule has 1 aromatic carbocycles. The summed E-state index contributed by atoms with van der Waals surface area (Å²) in [5.74, 6) is 1.67. The minimum absolute atomic E-state index is 0.218. The van der Waals surface area contributed by atoms with E-state index in [1.807, 2.05) is 31.3 Å². The highest BCUT2D eigenvalue weighted by atomic mass is 15.2. The Balaban J connectivity index is 1.50. The van der Waals surface area contributed by atoms with Crippen molar-refractivity contribution in [3.8, 4) is 0 Å². The van der Waals surface area contributed by atoms with Crippen molar-refractivity contribution in [1.29, 1.82) is 0 Å². The molecule has 2 aromatic rings. The fourth-order valence-electron chi connectivity index (χ4n) is 3.46. The number of aromatic nitrogens is 2. The first-order valence-electron chi connectivity index (χ1n) is 9.90. The van der Waals surface area contributed by atoms with Gasteiger partial charge in [-0.25, -0.2) is 4.98 Å². The van der Waals surface area contributed by atoms with E-state index in [1.54, 1.807) is 0 Å². The largest absolute Gasteiger partial charge is 0.367 e. The van der Waals surface area contributed by atoms with Crippen LogP contribution in [0.25, 0.3) is 0 Å². The second kappa shape index (κ2) is 8.26. The van der Waals surface area contributed by atoms with Crippen LogP contribution in [0, 0.1) is 0 Å². The van der Waals surface area contributed by atoms with Crippen molar-refractivity contribution < 1.29 is 0 Å². The number of rotatable bonds is 5. The minimum atomic E-state index is 0.218. The van der Waals surface area contributed by atoms with Gasteiger partial charge in [0, 0.05) is 46.0 Å². The Labute approximate surface area is 163 Å². The van der Waals surface area contributed by atoms with E-state index < -0.39 is 0 Å². The normalized spacial score (nSPS) is 16.3. The van der Waals surface area contributed by atoms with Crippen LogP contribution in [0.3, 0.4) is 0 Å². The quantitative estimate of drug-likeness (QED) is 0.868. The van der Waals surface area contributed by atoms with Gasteiger partial charge in [-0.1, -0.05) is 45.0 Å². The maximum Gasteiger partial charge on any atom is 0.226 e. The van der Waals surface area contributed by atoms with Crippen LogP contribution in [0.1, 0.15) is 44.7 Å². The lowest BCUT2D eigenvalue weighted by molar-refractivity contribution is 0.211. The van der Waals surface area contributed by atoms with Gasteiger partial charge in [-0.05, 0) is 35.4 Å². The highest BCUT2D eigenvalue weighted by molar-refractivity contribution is 5.41. The van der Waals surface area contributed by atoms with Crippen LogP contribution in [0.4, 0.5) is 11.8 Å². The molecule has 0 saturated carbocycles. The third-order valence-electron chi connectivity index (χ3n) is 5.21. The molecule has 1 aliphatic heterocycles. The van der Waals surface area contributed by atoms with E-state index >= 15 is 0 Å². The molecule has 0 aliphatic carbocycles. The van der Waals surface area contributed by atoms with Crippen LogP contribution in [-0.4, -0.2) is 48.1 Å². The predicted molar refractivity (Wildman–Crippen MR) is 113 cm³/mol. The molecule has 1 aliphatic rings. The average molecular weight is 368 g/mol. The Morgan fingerprint density at radius 1 is 1.07 bits per heavy atom. The van der Waals surface area contributed by atoms with E-state index in [1.165, 1.54) is 11.1 Å². The molecule has 146 valence electrons. The number of nitrogens with one attached hydrogen (secondary N) is 1. The van der Waals surface area contributed by atoms with E-state index in [9.17, 15) is 0 Å². The monoisotopic (exact) mass is 367 g/mol. The van der Waals surface area contributed by atoms with Gasteiger partial charge in [-0.3, -0.25) is 4.90 Å². The molecular formula is C22H33N5. The number of anilines is 2. The molecule has 2 heterocycles. The van der Waals surface area contributed by atoms with Crippen molar-refractivity contribution in [1.82, 2.24) is 14.9 Å². The molecule has 0 spiro atoms. The van der Waals surface area contributed by atoms with Gasteiger partial charge in [0.05, 0.1) is 0 Å². The molecule has 1 N–H and O–H groups in total. The zero-order valence-electron chi connectivity index (χ0n) is 17.4. The average Bonchev–Trinajstić information content (AvgIpc) is 2.63. The fourth-order valence-corrected chi connectivity index (χ4v) is 3.46. The summed E-state index contributed by atoms with van der Waals surface area (Å²) >= 11 is 0. The van der Waals surface area contributed by atoms with E-state index in [0.29, 0.717) is 6.04 Å². The molecule has 1 aromatic heterocycles. The van der Waals surface area contributed by atoms with Gasteiger partial charge in [0.2, 0.25) is 5.95 Å². The molecule has 0 bridgehead atoms. The summed E-state index contributed by atoms with van der Waals surface area (Å²) in [4.78, 5) is 13.3. The SMILES string of the molecule is CN(C)c1nccc(NC2CCN(Cc3ccc(C(C)(C)C)cc3)CC2)n1. The number of hydrogen-bond donors (Lipinski definition) is 1. The van der Waals surface area contributed by atoms with Crippen LogP contribution in [-0.2, 0) is 12.0 Å². The molecule has 3 rings (SSSR count). The predicted octanol–water partition coefficient (Wildman–Crippen LogP) is 3.92. The molecule has 0 radical (unpaired) electrons. The summed E-state index contributed by atoms with van der Waals surface area (Å²) < 4.78 is 0. The van der Waals surface area contributed by atoms with Crippen LogP contribution >= 0.6 is 0 Å². The molecule has 1 saturated heterocycles. The highest BCUT2D eigenvalue weighted by Crippen LogP contribution is 2.23. The summed E-state index contributed by atoms with van der Waals surface area (Å²) in [6.45, 7) is 10.1. The fraction of sp³-hybridized carbons (Fsp3) is 0.545. The Morgan fingerprint density at radius 2 is 1.74 bits per heavy atom. The maximum atomic E-state index is 4.57. The van der Waals surface area contributed by atoms with Crippen molar-refractivity contribution in [3.63, 3.8) is 0 Å². The van der Waals surface area contributed by atoms with Gasteiger partial charge in [0.25, 0.3) is 0 Å². The second-order valence-corrected chi connectivity index (χ2v) is 8.78. The first-order valence-corrected chi connectivity index (χ1v) is 9.90. The Morgan fingerprint density at radius 3 is 2.33 bits per heavy atom. The zero-order chi connectivity index (χ0) is 19.4. The lowest BCUT2D eigenvalue weighted by Crippen LogP contribution is -2.38. The smallest absolute Gasteiger partial charge is 0.226 e. The first kappa shape index (κ1) is 19.6. The third kappa shape index (κ3) is 5.42. The number of hydrogen-bond acceptors (Lipinski definition) is 5. The molecule has 1 fully saturated rings. The molecule has 27 heavy (non-hydrogen) atoms. The molecule has 0 amide bonds. The lowest BCUT2D eigenvalue weighted by Gasteiger charge is -2.32. The second-order valence-electron chi connectivity index (χ2n) is 8.78. The maximum absolute atomic E-state index is 4.57. The Hall–Kier alpha value is -2.14. The van der Waals surface area contributed by atoms with Crippen molar-refractivity contribution in [2.45, 2.75) is 51.6 Å². The Kier molecular flexibility index (Phi) is 6.00. The summed E-state index contributed by atoms with van der Waals surface area (Å²) in [6, 6.07) is 11.6. The van der Waals surface area contributed by atoms with Crippen LogP contribution < -0.4 is 10.2 Å². The Bertz CT molecular complexity index is 725. The van der Waals surface area contributed by atoms with Crippen LogP contribution in [0.15, 0.2) is 36.5 Å². The van der Waals surface area contributed by atoms with E-state index in [0.717, 1.165) is 44.2 Å². The topological polar surface area (TPSA) is 44.3 Å². The number of likely N-dealkylation sites (tertiary alicyclic amines) is 1. The molecule has 0 atom stereocenters. The van der Waals surface area contributed by atoms with Crippen LogP contribution in [0.2, 0.25) is 0 Å². The standard InChI is InChI=1S/C22H33N5/c1-22(2,3)18-8-6-17(7-9-18)16-27-14-11-19(12-15-27)24-20-10-13-23-21(25-20)26(4)5/h6-10,13,19H,11-12,14-16H2,1-5H3,(H,23,24,25). The molecule has 5 nitrogen and oxygen atoms in total. The van der Waals surface area contributed by atoms with Gasteiger partial charge in [0.1, 0.15) is 5.82 Å². The van der Waals surface area contributed by atoms with Gasteiger partial charge in [-0.2, -0.15) is 4.98 Å². The van der Waals surface area contributed by atoms with Crippen molar-refractivity contribution in [2.24, 2.45) is 0 Å². The molecular weight excluding hydrogens is 334 g/mol. The number of benzene rings is 1. The van der Waals surface area contributed by atoms with Crippen molar-refractivity contribution in [2.75, 3.05) is 37.4 Å². The number of nitrogens with zero attached hydrogens (tertiary/aromatic N) is 4. The summed E-state index contributed by atoms with van der Waals surface area (Å²) in [6.07, 6.45) is 4.10. The zero-order valence-corrected chi connectivity index (χ0v) is 17.4. The molecule has 5 heteroatoms. The van der Waals surface area contributed by atoms with E-state index in [-0.39, 0.29) is 5.41 Å². The lowest BCUT2D eigenvalue weighted by atomic mass is 9.86. The van der Waals surface area contributed by atoms with Crippen LogP contribution in [0.5, 0.6) is 0 Å².